The van der Waals surface area contributed by atoms with Crippen molar-refractivity contribution in [1.29, 1.82) is 0 Å². The molecule has 0 aliphatic carbocycles. The summed E-state index contributed by atoms with van der Waals surface area (Å²) >= 11 is 0. The van der Waals surface area contributed by atoms with Gasteiger partial charge in [0, 0.05) is 39.5 Å². The molecule has 1 aromatic carbocycles. The van der Waals surface area contributed by atoms with Crippen molar-refractivity contribution in [3.05, 3.63) is 35.9 Å². The summed E-state index contributed by atoms with van der Waals surface area (Å²) in [7, 11) is 0. The lowest BCUT2D eigenvalue weighted by atomic mass is 9.99. The molecule has 2 atom stereocenters. The van der Waals surface area contributed by atoms with Crippen molar-refractivity contribution in [1.82, 2.24) is 9.80 Å². The van der Waals surface area contributed by atoms with Crippen LogP contribution in [0.15, 0.2) is 30.3 Å². The molecule has 2 amide bonds. The molecule has 1 heterocycles. The van der Waals surface area contributed by atoms with Crippen molar-refractivity contribution in [3.63, 3.8) is 0 Å². The van der Waals surface area contributed by atoms with Crippen molar-refractivity contribution in [2.24, 2.45) is 11.8 Å². The van der Waals surface area contributed by atoms with Gasteiger partial charge in [-0.3, -0.25) is 14.4 Å². The van der Waals surface area contributed by atoms with Crippen molar-refractivity contribution in [3.8, 4) is 0 Å². The number of hydrogen-bond donors (Lipinski definition) is 1. The molecule has 1 aliphatic heterocycles. The molecule has 2 rings (SSSR count). The van der Waals surface area contributed by atoms with Crippen LogP contribution in [-0.2, 0) is 20.9 Å². The third-order valence-corrected chi connectivity index (χ3v) is 4.54. The van der Waals surface area contributed by atoms with Crippen LogP contribution in [0.25, 0.3) is 0 Å². The average Bonchev–Trinajstić information content (AvgIpc) is 2.94. The van der Waals surface area contributed by atoms with Crippen LogP contribution in [0.3, 0.4) is 0 Å². The summed E-state index contributed by atoms with van der Waals surface area (Å²) in [5.41, 5.74) is 1.01. The highest BCUT2D eigenvalue weighted by Gasteiger charge is 2.36. The van der Waals surface area contributed by atoms with Crippen LogP contribution in [0.4, 0.5) is 0 Å². The highest BCUT2D eigenvalue weighted by atomic mass is 16.4. The maximum absolute atomic E-state index is 12.3. The fourth-order valence-electron chi connectivity index (χ4n) is 3.03. The predicted octanol–water partition coefficient (Wildman–Crippen LogP) is 1.60. The highest BCUT2D eigenvalue weighted by Crippen LogP contribution is 2.23. The zero-order chi connectivity index (χ0) is 17.7. The number of amides is 2. The molecular weight excluding hydrogens is 308 g/mol. The Morgan fingerprint density at radius 2 is 1.88 bits per heavy atom. The van der Waals surface area contributed by atoms with E-state index < -0.39 is 11.9 Å². The van der Waals surface area contributed by atoms with Gasteiger partial charge in [-0.05, 0) is 11.5 Å². The van der Waals surface area contributed by atoms with Crippen LogP contribution in [0.5, 0.6) is 0 Å². The van der Waals surface area contributed by atoms with Gasteiger partial charge < -0.3 is 14.9 Å². The second-order valence-electron chi connectivity index (χ2n) is 6.40. The number of nitrogens with zero attached hydrogens (tertiary/aromatic N) is 2. The van der Waals surface area contributed by atoms with Gasteiger partial charge >= 0.3 is 5.97 Å². The quantitative estimate of drug-likeness (QED) is 0.858. The summed E-state index contributed by atoms with van der Waals surface area (Å²) in [6, 6.07) is 9.63. The first kappa shape index (κ1) is 18.0. The summed E-state index contributed by atoms with van der Waals surface area (Å²) in [5, 5.41) is 9.15. The first-order chi connectivity index (χ1) is 11.4. The lowest BCUT2D eigenvalue weighted by Gasteiger charge is -2.23. The van der Waals surface area contributed by atoms with E-state index in [1.165, 1.54) is 6.92 Å². The Hall–Kier alpha value is -2.37. The van der Waals surface area contributed by atoms with Gasteiger partial charge in [0.1, 0.15) is 0 Å². The molecule has 1 fully saturated rings. The van der Waals surface area contributed by atoms with Gasteiger partial charge in [0.25, 0.3) is 0 Å². The van der Waals surface area contributed by atoms with Gasteiger partial charge in [0.05, 0.1) is 5.92 Å². The molecule has 6 nitrogen and oxygen atoms in total. The van der Waals surface area contributed by atoms with Crippen LogP contribution in [0.2, 0.25) is 0 Å². The van der Waals surface area contributed by atoms with Gasteiger partial charge in [-0.2, -0.15) is 0 Å². The minimum atomic E-state index is -0.854. The summed E-state index contributed by atoms with van der Waals surface area (Å²) in [5.74, 6) is -1.57. The Balaban J connectivity index is 1.89. The summed E-state index contributed by atoms with van der Waals surface area (Å²) in [4.78, 5) is 38.5. The lowest BCUT2D eigenvalue weighted by molar-refractivity contribution is -0.142. The SMILES string of the molecule is CC(=O)N(CCC(=O)N1C[C@@H](C)[C@H](C(=O)O)C1)Cc1ccccc1. The molecule has 1 aliphatic rings. The second-order valence-corrected chi connectivity index (χ2v) is 6.40. The molecule has 1 saturated heterocycles. The number of hydrogen-bond acceptors (Lipinski definition) is 3. The third-order valence-electron chi connectivity index (χ3n) is 4.54. The zero-order valence-corrected chi connectivity index (χ0v) is 14.1. The van der Waals surface area contributed by atoms with E-state index in [0.717, 1.165) is 5.56 Å². The van der Waals surface area contributed by atoms with Crippen LogP contribution < -0.4 is 0 Å². The molecule has 130 valence electrons. The van der Waals surface area contributed by atoms with Gasteiger partial charge in [-0.25, -0.2) is 0 Å². The third kappa shape index (κ3) is 4.57. The fraction of sp³-hybridized carbons (Fsp3) is 0.500. The van der Waals surface area contributed by atoms with Gasteiger partial charge in [0.2, 0.25) is 11.8 Å². The number of carbonyl (C=O) groups is 3. The first-order valence-corrected chi connectivity index (χ1v) is 8.18. The van der Waals surface area contributed by atoms with Crippen LogP contribution in [0, 0.1) is 11.8 Å². The molecule has 0 bridgehead atoms. The predicted molar refractivity (Wildman–Crippen MR) is 89.0 cm³/mol. The van der Waals surface area contributed by atoms with Crippen molar-refractivity contribution in [2.75, 3.05) is 19.6 Å². The Labute approximate surface area is 142 Å². The van der Waals surface area contributed by atoms with Gasteiger partial charge in [0.15, 0.2) is 0 Å². The normalized spacial score (nSPS) is 20.0. The Morgan fingerprint density at radius 1 is 1.21 bits per heavy atom. The first-order valence-electron chi connectivity index (χ1n) is 8.18. The molecule has 0 unspecified atom stereocenters. The minimum absolute atomic E-state index is 0.0420. The van der Waals surface area contributed by atoms with Crippen LogP contribution in [0.1, 0.15) is 25.8 Å². The standard InChI is InChI=1S/C18H24N2O4/c1-13-10-20(12-16(13)18(23)24)17(22)8-9-19(14(2)21)11-15-6-4-3-5-7-15/h3-7,13,16H,8-12H2,1-2H3,(H,23,24)/t13-,16-/m1/s1. The number of likely N-dealkylation sites (tertiary alicyclic amines) is 1. The van der Waals surface area contributed by atoms with E-state index in [0.29, 0.717) is 19.6 Å². The van der Waals surface area contributed by atoms with Gasteiger partial charge in [-0.15, -0.1) is 0 Å². The number of aliphatic carboxylic acids is 1. The number of benzene rings is 1. The maximum Gasteiger partial charge on any atom is 0.308 e. The zero-order valence-electron chi connectivity index (χ0n) is 14.1. The molecule has 0 aromatic heterocycles. The Kier molecular flexibility index (Phi) is 5.95. The van der Waals surface area contributed by atoms with Crippen molar-refractivity contribution < 1.29 is 19.5 Å². The maximum atomic E-state index is 12.3. The van der Waals surface area contributed by atoms with Crippen LogP contribution >= 0.6 is 0 Å². The molecule has 0 radical (unpaired) electrons. The monoisotopic (exact) mass is 332 g/mol. The number of carbonyl (C=O) groups excluding carboxylic acids is 2. The van der Waals surface area contributed by atoms with E-state index in [2.05, 4.69) is 0 Å². The molecule has 0 saturated carbocycles. The molecule has 0 spiro atoms. The highest BCUT2D eigenvalue weighted by molar-refractivity contribution is 5.80. The van der Waals surface area contributed by atoms with E-state index in [9.17, 15) is 14.4 Å². The summed E-state index contributed by atoms with van der Waals surface area (Å²) in [6.07, 6.45) is 0.214. The topological polar surface area (TPSA) is 77.9 Å². The van der Waals surface area contributed by atoms with Crippen molar-refractivity contribution in [2.45, 2.75) is 26.8 Å². The smallest absolute Gasteiger partial charge is 0.308 e. The van der Waals surface area contributed by atoms with E-state index in [1.807, 2.05) is 37.3 Å². The van der Waals surface area contributed by atoms with E-state index >= 15 is 0 Å². The largest absolute Gasteiger partial charge is 0.481 e. The summed E-state index contributed by atoms with van der Waals surface area (Å²) in [6.45, 7) is 4.88. The Morgan fingerprint density at radius 3 is 2.42 bits per heavy atom. The van der Waals surface area contributed by atoms with E-state index in [-0.39, 0.29) is 30.7 Å². The van der Waals surface area contributed by atoms with E-state index in [4.69, 9.17) is 5.11 Å². The molecule has 24 heavy (non-hydrogen) atoms. The second kappa shape index (κ2) is 7.95. The molecule has 1 N–H and O–H groups in total. The fourth-order valence-corrected chi connectivity index (χ4v) is 3.03. The van der Waals surface area contributed by atoms with Crippen molar-refractivity contribution >= 4 is 17.8 Å². The molecule has 6 heteroatoms. The average molecular weight is 332 g/mol. The minimum Gasteiger partial charge on any atom is -0.481 e. The molecule has 1 aromatic rings. The lowest BCUT2D eigenvalue weighted by Crippen LogP contribution is -2.35. The number of carboxylic acid groups (broad SMARTS) is 1. The van der Waals surface area contributed by atoms with Crippen LogP contribution in [-0.4, -0.2) is 52.3 Å². The van der Waals surface area contributed by atoms with Gasteiger partial charge in [-0.1, -0.05) is 37.3 Å². The molecular formula is C18H24N2O4. The van der Waals surface area contributed by atoms with E-state index in [1.54, 1.807) is 9.80 Å². The summed E-state index contributed by atoms with van der Waals surface area (Å²) < 4.78 is 0. The number of rotatable bonds is 6. The Bertz CT molecular complexity index is 602. The number of carboxylic acids is 1.